The number of hydrogen-bond acceptors (Lipinski definition) is 3. The summed E-state index contributed by atoms with van der Waals surface area (Å²) in [5, 5.41) is 11.1. The SMILES string of the molecule is O=C(O)CCCCCNC(=O)c1ccc(Br)o1. The molecule has 0 aromatic carbocycles. The summed E-state index contributed by atoms with van der Waals surface area (Å²) in [6, 6.07) is 3.24. The second kappa shape index (κ2) is 7.11. The van der Waals surface area contributed by atoms with Crippen molar-refractivity contribution in [2.45, 2.75) is 25.7 Å². The molecule has 0 radical (unpaired) electrons. The van der Waals surface area contributed by atoms with Crippen LogP contribution in [0.3, 0.4) is 0 Å². The lowest BCUT2D eigenvalue weighted by Crippen LogP contribution is -2.23. The zero-order valence-corrected chi connectivity index (χ0v) is 10.8. The van der Waals surface area contributed by atoms with Crippen molar-refractivity contribution in [2.24, 2.45) is 0 Å². The number of furan rings is 1. The molecule has 0 aliphatic rings. The second-order valence-corrected chi connectivity index (χ2v) is 4.35. The second-order valence-electron chi connectivity index (χ2n) is 3.56. The Hall–Kier alpha value is -1.30. The predicted octanol–water partition coefficient (Wildman–Crippen LogP) is 2.42. The summed E-state index contributed by atoms with van der Waals surface area (Å²) in [6.45, 7) is 0.525. The molecule has 1 rings (SSSR count). The highest BCUT2D eigenvalue weighted by atomic mass is 79.9. The topological polar surface area (TPSA) is 79.5 Å². The minimum Gasteiger partial charge on any atom is -0.481 e. The van der Waals surface area contributed by atoms with E-state index in [1.54, 1.807) is 12.1 Å². The van der Waals surface area contributed by atoms with Gasteiger partial charge in [-0.15, -0.1) is 0 Å². The molecule has 17 heavy (non-hydrogen) atoms. The quantitative estimate of drug-likeness (QED) is 0.758. The number of hydrogen-bond donors (Lipinski definition) is 2. The molecule has 0 saturated carbocycles. The van der Waals surface area contributed by atoms with E-state index in [4.69, 9.17) is 9.52 Å². The summed E-state index contributed by atoms with van der Waals surface area (Å²) in [7, 11) is 0. The Balaban J connectivity index is 2.11. The molecule has 94 valence electrons. The van der Waals surface area contributed by atoms with Crippen LogP contribution in [0.2, 0.25) is 0 Å². The highest BCUT2D eigenvalue weighted by Gasteiger charge is 2.08. The van der Waals surface area contributed by atoms with Crippen LogP contribution in [0, 0.1) is 0 Å². The molecule has 0 spiro atoms. The zero-order chi connectivity index (χ0) is 12.7. The normalized spacial score (nSPS) is 10.2. The van der Waals surface area contributed by atoms with Gasteiger partial charge in [0.05, 0.1) is 0 Å². The molecule has 2 N–H and O–H groups in total. The lowest BCUT2D eigenvalue weighted by Gasteiger charge is -2.02. The average Bonchev–Trinajstić information content (AvgIpc) is 2.69. The first-order valence-electron chi connectivity index (χ1n) is 5.35. The lowest BCUT2D eigenvalue weighted by atomic mass is 10.2. The largest absolute Gasteiger partial charge is 0.481 e. The number of carboxylic acids is 1. The Morgan fingerprint density at radius 3 is 2.65 bits per heavy atom. The lowest BCUT2D eigenvalue weighted by molar-refractivity contribution is -0.137. The Bertz CT molecular complexity index is 389. The van der Waals surface area contributed by atoms with Gasteiger partial charge in [-0.1, -0.05) is 6.42 Å². The minimum absolute atomic E-state index is 0.180. The minimum atomic E-state index is -0.783. The van der Waals surface area contributed by atoms with Crippen LogP contribution < -0.4 is 5.32 Å². The fourth-order valence-electron chi connectivity index (χ4n) is 1.30. The number of rotatable bonds is 7. The van der Waals surface area contributed by atoms with Crippen molar-refractivity contribution in [3.63, 3.8) is 0 Å². The smallest absolute Gasteiger partial charge is 0.303 e. The molecule has 0 bridgehead atoms. The summed E-state index contributed by atoms with van der Waals surface area (Å²) < 4.78 is 5.60. The summed E-state index contributed by atoms with van der Waals surface area (Å²) in [4.78, 5) is 21.7. The number of carbonyl (C=O) groups is 2. The standard InChI is InChI=1S/C11H14BrNO4/c12-9-6-5-8(17-9)11(16)13-7-3-1-2-4-10(14)15/h5-6H,1-4,7H2,(H,13,16)(H,14,15). The van der Waals surface area contributed by atoms with Crippen LogP contribution in [0.25, 0.3) is 0 Å². The van der Waals surface area contributed by atoms with E-state index in [0.717, 1.165) is 12.8 Å². The van der Waals surface area contributed by atoms with Gasteiger partial charge >= 0.3 is 5.97 Å². The Morgan fingerprint density at radius 1 is 1.29 bits per heavy atom. The van der Waals surface area contributed by atoms with Gasteiger partial charge in [0.15, 0.2) is 10.4 Å². The highest BCUT2D eigenvalue weighted by molar-refractivity contribution is 9.10. The van der Waals surface area contributed by atoms with E-state index < -0.39 is 5.97 Å². The predicted molar refractivity (Wildman–Crippen MR) is 64.8 cm³/mol. The molecular weight excluding hydrogens is 290 g/mol. The Morgan fingerprint density at radius 2 is 2.06 bits per heavy atom. The molecule has 0 atom stereocenters. The molecule has 1 heterocycles. The van der Waals surface area contributed by atoms with Gasteiger partial charge in [-0.25, -0.2) is 0 Å². The first kappa shape index (κ1) is 13.8. The van der Waals surface area contributed by atoms with Crippen LogP contribution in [-0.4, -0.2) is 23.5 Å². The molecule has 0 unspecified atom stereocenters. The van der Waals surface area contributed by atoms with E-state index in [1.165, 1.54) is 0 Å². The molecule has 0 fully saturated rings. The highest BCUT2D eigenvalue weighted by Crippen LogP contribution is 2.13. The van der Waals surface area contributed by atoms with Crippen LogP contribution in [0.4, 0.5) is 0 Å². The van der Waals surface area contributed by atoms with Crippen LogP contribution >= 0.6 is 15.9 Å². The molecule has 0 saturated heterocycles. The van der Waals surface area contributed by atoms with Crippen LogP contribution in [0.15, 0.2) is 21.2 Å². The maximum atomic E-state index is 11.5. The van der Waals surface area contributed by atoms with Gasteiger partial charge < -0.3 is 14.8 Å². The maximum Gasteiger partial charge on any atom is 0.303 e. The van der Waals surface area contributed by atoms with E-state index in [0.29, 0.717) is 17.6 Å². The van der Waals surface area contributed by atoms with Crippen LogP contribution in [-0.2, 0) is 4.79 Å². The van der Waals surface area contributed by atoms with E-state index >= 15 is 0 Å². The van der Waals surface area contributed by atoms with Gasteiger partial charge in [0.2, 0.25) is 0 Å². The number of unbranched alkanes of at least 4 members (excludes halogenated alkanes) is 2. The van der Waals surface area contributed by atoms with Crippen LogP contribution in [0.5, 0.6) is 0 Å². The zero-order valence-electron chi connectivity index (χ0n) is 9.24. The maximum absolute atomic E-state index is 11.5. The number of carbonyl (C=O) groups excluding carboxylic acids is 1. The van der Waals surface area contributed by atoms with Crippen molar-refractivity contribution in [3.05, 3.63) is 22.6 Å². The summed E-state index contributed by atoms with van der Waals surface area (Å²) in [5.41, 5.74) is 0. The van der Waals surface area contributed by atoms with Crippen molar-refractivity contribution in [1.29, 1.82) is 0 Å². The summed E-state index contributed by atoms with van der Waals surface area (Å²) in [5.74, 6) is -0.772. The number of nitrogens with one attached hydrogen (secondary N) is 1. The summed E-state index contributed by atoms with van der Waals surface area (Å²) in [6.07, 6.45) is 2.37. The first-order valence-corrected chi connectivity index (χ1v) is 6.14. The average molecular weight is 304 g/mol. The number of aliphatic carboxylic acids is 1. The van der Waals surface area contributed by atoms with E-state index in [9.17, 15) is 9.59 Å². The van der Waals surface area contributed by atoms with Crippen molar-refractivity contribution >= 4 is 27.8 Å². The van der Waals surface area contributed by atoms with E-state index in [1.807, 2.05) is 0 Å². The van der Waals surface area contributed by atoms with Gasteiger partial charge in [0, 0.05) is 13.0 Å². The van der Waals surface area contributed by atoms with Gasteiger partial charge in [0.25, 0.3) is 5.91 Å². The molecule has 0 aliphatic carbocycles. The van der Waals surface area contributed by atoms with Gasteiger partial charge in [-0.3, -0.25) is 9.59 Å². The Kier molecular flexibility index (Phi) is 5.76. The van der Waals surface area contributed by atoms with Crippen LogP contribution in [0.1, 0.15) is 36.2 Å². The van der Waals surface area contributed by atoms with Crippen molar-refractivity contribution < 1.29 is 19.1 Å². The molecule has 1 aromatic rings. The third-order valence-corrected chi connectivity index (χ3v) is 2.58. The molecule has 1 amide bonds. The first-order chi connectivity index (χ1) is 8.09. The molecule has 5 nitrogen and oxygen atoms in total. The molecule has 6 heteroatoms. The number of amides is 1. The fraction of sp³-hybridized carbons (Fsp3) is 0.455. The third kappa shape index (κ3) is 5.53. The van der Waals surface area contributed by atoms with Crippen molar-refractivity contribution in [2.75, 3.05) is 6.54 Å². The van der Waals surface area contributed by atoms with Gasteiger partial charge in [-0.2, -0.15) is 0 Å². The number of carboxylic acid groups (broad SMARTS) is 1. The van der Waals surface area contributed by atoms with Crippen molar-refractivity contribution in [1.82, 2.24) is 5.32 Å². The third-order valence-electron chi connectivity index (χ3n) is 2.15. The Labute approximate surface area is 107 Å². The van der Waals surface area contributed by atoms with E-state index in [-0.39, 0.29) is 18.1 Å². The summed E-state index contributed by atoms with van der Waals surface area (Å²) >= 11 is 3.11. The molecule has 1 aromatic heterocycles. The number of halogens is 1. The van der Waals surface area contributed by atoms with Gasteiger partial charge in [-0.05, 0) is 40.9 Å². The van der Waals surface area contributed by atoms with Gasteiger partial charge in [0.1, 0.15) is 0 Å². The fourth-order valence-corrected chi connectivity index (χ4v) is 1.61. The molecule has 0 aliphatic heterocycles. The van der Waals surface area contributed by atoms with Crippen molar-refractivity contribution in [3.8, 4) is 0 Å². The molecular formula is C11H14BrNO4. The van der Waals surface area contributed by atoms with E-state index in [2.05, 4.69) is 21.2 Å². The monoisotopic (exact) mass is 303 g/mol.